The molecule has 0 aliphatic heterocycles. The molecule has 3 aromatic rings. The number of amides is 1. The molecule has 0 bridgehead atoms. The third kappa shape index (κ3) is 4.77. The molecule has 2 aromatic carbocycles. The zero-order valence-electron chi connectivity index (χ0n) is 15.9. The summed E-state index contributed by atoms with van der Waals surface area (Å²) in [7, 11) is 1.82. The number of hydrogen-bond acceptors (Lipinski definition) is 3. The van der Waals surface area contributed by atoms with E-state index >= 15 is 0 Å². The Morgan fingerprint density at radius 3 is 2.48 bits per heavy atom. The van der Waals surface area contributed by atoms with E-state index in [0.29, 0.717) is 5.75 Å². The van der Waals surface area contributed by atoms with Crippen LogP contribution in [0.4, 0.5) is 0 Å². The molecule has 5 heteroatoms. The lowest BCUT2D eigenvalue weighted by atomic mass is 10.1. The highest BCUT2D eigenvalue weighted by Gasteiger charge is 2.16. The number of halogens is 1. The van der Waals surface area contributed by atoms with Crippen molar-refractivity contribution in [2.75, 3.05) is 13.7 Å². The monoisotopic (exact) mass is 384 g/mol. The van der Waals surface area contributed by atoms with Crippen LogP contribution in [0, 0.1) is 0 Å². The van der Waals surface area contributed by atoms with Gasteiger partial charge in [0.05, 0.1) is 11.2 Å². The molecule has 1 unspecified atom stereocenters. The second kappa shape index (κ2) is 9.38. The van der Waals surface area contributed by atoms with Crippen LogP contribution in [0.2, 0.25) is 0 Å². The summed E-state index contributed by atoms with van der Waals surface area (Å²) in [5, 5.41) is 0.908. The number of pyridine rings is 1. The van der Waals surface area contributed by atoms with Gasteiger partial charge in [-0.3, -0.25) is 4.79 Å². The number of carbonyl (C=O) groups excluding carboxylic acids is 1. The molecular weight excluding hydrogens is 360 g/mol. The van der Waals surface area contributed by atoms with Crippen LogP contribution < -0.4 is 4.74 Å². The van der Waals surface area contributed by atoms with E-state index in [1.54, 1.807) is 4.90 Å². The minimum absolute atomic E-state index is 0. The van der Waals surface area contributed by atoms with E-state index in [-0.39, 0.29) is 31.0 Å². The third-order valence-electron chi connectivity index (χ3n) is 4.74. The molecule has 0 spiro atoms. The van der Waals surface area contributed by atoms with E-state index in [1.165, 1.54) is 0 Å². The number of fused-ring (bicyclic) bond motifs is 1. The molecule has 0 saturated carbocycles. The van der Waals surface area contributed by atoms with Crippen LogP contribution in [0.5, 0.6) is 5.75 Å². The van der Waals surface area contributed by atoms with Crippen molar-refractivity contribution in [3.8, 4) is 17.0 Å². The summed E-state index contributed by atoms with van der Waals surface area (Å²) in [4.78, 5) is 18.9. The van der Waals surface area contributed by atoms with Crippen molar-refractivity contribution in [3.63, 3.8) is 0 Å². The quantitative estimate of drug-likeness (QED) is 0.603. The Hall–Kier alpha value is -2.59. The molecule has 1 atom stereocenters. The van der Waals surface area contributed by atoms with Crippen LogP contribution in [0.25, 0.3) is 22.2 Å². The Bertz CT molecular complexity index is 899. The summed E-state index contributed by atoms with van der Waals surface area (Å²) >= 11 is 0. The SMILES string of the molecule is CCC(C)N(C)C(=O)COc1cc(-c2ccccc2)nc2ccccc12.Cl. The van der Waals surface area contributed by atoms with Crippen molar-refractivity contribution in [2.45, 2.75) is 26.3 Å². The molecule has 0 N–H and O–H groups in total. The molecule has 1 amide bonds. The molecule has 142 valence electrons. The molecule has 0 aliphatic carbocycles. The number of aromatic nitrogens is 1. The van der Waals surface area contributed by atoms with Gasteiger partial charge in [-0.25, -0.2) is 4.98 Å². The highest BCUT2D eigenvalue weighted by Crippen LogP contribution is 2.30. The van der Waals surface area contributed by atoms with E-state index in [0.717, 1.165) is 28.6 Å². The average molecular weight is 385 g/mol. The summed E-state index contributed by atoms with van der Waals surface area (Å²) in [6.45, 7) is 4.12. The number of rotatable bonds is 6. The van der Waals surface area contributed by atoms with Crippen molar-refractivity contribution in [3.05, 3.63) is 60.7 Å². The third-order valence-corrected chi connectivity index (χ3v) is 4.74. The predicted molar refractivity (Wildman–Crippen MR) is 112 cm³/mol. The van der Waals surface area contributed by atoms with E-state index < -0.39 is 0 Å². The predicted octanol–water partition coefficient (Wildman–Crippen LogP) is 4.96. The van der Waals surface area contributed by atoms with Crippen LogP contribution in [0.3, 0.4) is 0 Å². The summed E-state index contributed by atoms with van der Waals surface area (Å²) in [5.41, 5.74) is 2.71. The number of likely N-dealkylation sites (N-methyl/N-ethyl adjacent to an activating group) is 1. The van der Waals surface area contributed by atoms with E-state index in [9.17, 15) is 4.79 Å². The number of carbonyl (C=O) groups is 1. The minimum atomic E-state index is -0.0264. The lowest BCUT2D eigenvalue weighted by Gasteiger charge is -2.24. The van der Waals surface area contributed by atoms with Gasteiger partial charge in [-0.15, -0.1) is 12.4 Å². The zero-order valence-corrected chi connectivity index (χ0v) is 16.7. The molecule has 4 nitrogen and oxygen atoms in total. The minimum Gasteiger partial charge on any atom is -0.483 e. The standard InChI is InChI=1S/C22H24N2O2.ClH/c1-4-16(2)24(3)22(25)15-26-21-14-20(17-10-6-5-7-11-17)23-19-13-9-8-12-18(19)21;/h5-14,16H,4,15H2,1-3H3;1H. The van der Waals surface area contributed by atoms with Gasteiger partial charge in [0.25, 0.3) is 5.91 Å². The number of para-hydroxylation sites is 1. The smallest absolute Gasteiger partial charge is 0.260 e. The lowest BCUT2D eigenvalue weighted by Crippen LogP contribution is -2.37. The molecule has 0 radical (unpaired) electrons. The first-order chi connectivity index (χ1) is 12.6. The first-order valence-electron chi connectivity index (χ1n) is 8.93. The summed E-state index contributed by atoms with van der Waals surface area (Å²) < 4.78 is 5.93. The van der Waals surface area contributed by atoms with Gasteiger partial charge in [0, 0.05) is 30.1 Å². The molecule has 1 heterocycles. The molecular formula is C22H25ClN2O2. The van der Waals surface area contributed by atoms with Crippen LogP contribution in [0.15, 0.2) is 60.7 Å². The number of hydrogen-bond donors (Lipinski definition) is 0. The van der Waals surface area contributed by atoms with E-state index in [1.807, 2.05) is 74.6 Å². The van der Waals surface area contributed by atoms with Gasteiger partial charge >= 0.3 is 0 Å². The van der Waals surface area contributed by atoms with Crippen molar-refractivity contribution in [1.29, 1.82) is 0 Å². The van der Waals surface area contributed by atoms with Gasteiger partial charge in [-0.1, -0.05) is 49.4 Å². The Morgan fingerprint density at radius 2 is 1.78 bits per heavy atom. The molecule has 27 heavy (non-hydrogen) atoms. The first-order valence-corrected chi connectivity index (χ1v) is 8.93. The Kier molecular flexibility index (Phi) is 7.19. The Labute approximate surface area is 166 Å². The molecule has 0 fully saturated rings. The van der Waals surface area contributed by atoms with Crippen LogP contribution in [-0.2, 0) is 4.79 Å². The normalized spacial score (nSPS) is 11.5. The van der Waals surface area contributed by atoms with Gasteiger partial charge in [0.2, 0.25) is 0 Å². The maximum absolute atomic E-state index is 12.4. The topological polar surface area (TPSA) is 42.4 Å². The fourth-order valence-electron chi connectivity index (χ4n) is 2.78. The Morgan fingerprint density at radius 1 is 1.11 bits per heavy atom. The van der Waals surface area contributed by atoms with Crippen molar-refractivity contribution in [2.24, 2.45) is 0 Å². The molecule has 3 rings (SSSR count). The first kappa shape index (κ1) is 20.7. The fraction of sp³-hybridized carbons (Fsp3) is 0.273. The maximum Gasteiger partial charge on any atom is 0.260 e. The fourth-order valence-corrected chi connectivity index (χ4v) is 2.78. The molecule has 0 aliphatic rings. The Balaban J connectivity index is 0.00000261. The van der Waals surface area contributed by atoms with Gasteiger partial charge < -0.3 is 9.64 Å². The van der Waals surface area contributed by atoms with E-state index in [2.05, 4.69) is 6.92 Å². The zero-order chi connectivity index (χ0) is 18.5. The average Bonchev–Trinajstić information content (AvgIpc) is 2.70. The van der Waals surface area contributed by atoms with Gasteiger partial charge in [-0.2, -0.15) is 0 Å². The number of nitrogens with zero attached hydrogens (tertiary/aromatic N) is 2. The summed E-state index contributed by atoms with van der Waals surface area (Å²) in [6.07, 6.45) is 0.915. The van der Waals surface area contributed by atoms with Gasteiger partial charge in [0.1, 0.15) is 5.75 Å². The van der Waals surface area contributed by atoms with Crippen molar-refractivity contribution >= 4 is 29.2 Å². The maximum atomic E-state index is 12.4. The number of ether oxygens (including phenoxy) is 1. The van der Waals surface area contributed by atoms with Crippen LogP contribution in [0.1, 0.15) is 20.3 Å². The molecule has 0 saturated heterocycles. The molecule has 1 aromatic heterocycles. The van der Waals surface area contributed by atoms with Crippen molar-refractivity contribution < 1.29 is 9.53 Å². The highest BCUT2D eigenvalue weighted by atomic mass is 35.5. The summed E-state index contributed by atoms with van der Waals surface area (Å²) in [6, 6.07) is 19.9. The second-order valence-corrected chi connectivity index (χ2v) is 6.44. The van der Waals surface area contributed by atoms with Gasteiger partial charge in [-0.05, 0) is 25.5 Å². The van der Waals surface area contributed by atoms with Gasteiger partial charge in [0.15, 0.2) is 6.61 Å². The van der Waals surface area contributed by atoms with Crippen LogP contribution in [-0.4, -0.2) is 35.5 Å². The van der Waals surface area contributed by atoms with Crippen LogP contribution >= 0.6 is 12.4 Å². The van der Waals surface area contributed by atoms with Crippen molar-refractivity contribution in [1.82, 2.24) is 9.88 Å². The highest BCUT2D eigenvalue weighted by molar-refractivity contribution is 5.88. The van der Waals surface area contributed by atoms with E-state index in [4.69, 9.17) is 9.72 Å². The summed E-state index contributed by atoms with van der Waals surface area (Å²) in [5.74, 6) is 0.654. The second-order valence-electron chi connectivity index (χ2n) is 6.44. The lowest BCUT2D eigenvalue weighted by molar-refractivity contribution is -0.133. The largest absolute Gasteiger partial charge is 0.483 e. The number of benzene rings is 2.